The summed E-state index contributed by atoms with van der Waals surface area (Å²) in [5.41, 5.74) is 0.224. The van der Waals surface area contributed by atoms with Crippen molar-refractivity contribution in [1.29, 1.82) is 0 Å². The van der Waals surface area contributed by atoms with Crippen LogP contribution in [0, 0.1) is 17.3 Å². The maximum atomic E-state index is 12.0. The Morgan fingerprint density at radius 3 is 2.46 bits per heavy atom. The molecule has 1 spiro atoms. The Balaban J connectivity index is 1.32. The van der Waals surface area contributed by atoms with Crippen molar-refractivity contribution in [3.63, 3.8) is 0 Å². The Hall–Kier alpha value is -1.50. The van der Waals surface area contributed by atoms with Crippen LogP contribution in [0.15, 0.2) is 0 Å². The predicted octanol–water partition coefficient (Wildman–Crippen LogP) is 3.10. The number of rotatable bonds is 3. The summed E-state index contributed by atoms with van der Waals surface area (Å²) < 4.78 is 4.98. The molecule has 28 heavy (non-hydrogen) atoms. The Morgan fingerprint density at radius 1 is 1.11 bits per heavy atom. The SMILES string of the molecule is CCC1C(N2CCC(C3CCCN3C(=O)OC)CC2)CC12CCN(C(=O)O)C2. The fourth-order valence-electron chi connectivity index (χ4n) is 6.84. The molecule has 0 radical (unpaired) electrons. The van der Waals surface area contributed by atoms with Crippen molar-refractivity contribution in [2.24, 2.45) is 17.3 Å². The lowest BCUT2D eigenvalue weighted by atomic mass is 9.54. The molecule has 4 fully saturated rings. The molecule has 3 saturated heterocycles. The van der Waals surface area contributed by atoms with Crippen molar-refractivity contribution in [2.45, 2.75) is 64.0 Å². The van der Waals surface area contributed by atoms with Crippen LogP contribution in [0.25, 0.3) is 0 Å². The van der Waals surface area contributed by atoms with E-state index in [-0.39, 0.29) is 11.5 Å². The number of carbonyl (C=O) groups excluding carboxylic acids is 1. The van der Waals surface area contributed by atoms with Crippen LogP contribution in [-0.4, -0.2) is 83.9 Å². The van der Waals surface area contributed by atoms with Crippen LogP contribution >= 0.6 is 0 Å². The van der Waals surface area contributed by atoms with Gasteiger partial charge in [0.1, 0.15) is 0 Å². The van der Waals surface area contributed by atoms with Gasteiger partial charge in [-0.3, -0.25) is 0 Å². The maximum absolute atomic E-state index is 12.0. The molecule has 7 nitrogen and oxygen atoms in total. The number of hydrogen-bond donors (Lipinski definition) is 1. The van der Waals surface area contributed by atoms with Gasteiger partial charge in [-0.1, -0.05) is 13.3 Å². The van der Waals surface area contributed by atoms with Crippen LogP contribution < -0.4 is 0 Å². The third kappa shape index (κ3) is 3.25. The average molecular weight is 394 g/mol. The summed E-state index contributed by atoms with van der Waals surface area (Å²) in [5.74, 6) is 1.20. The van der Waals surface area contributed by atoms with E-state index >= 15 is 0 Å². The van der Waals surface area contributed by atoms with Gasteiger partial charge in [0.2, 0.25) is 0 Å². The predicted molar refractivity (Wildman–Crippen MR) is 105 cm³/mol. The lowest BCUT2D eigenvalue weighted by Gasteiger charge is -2.58. The third-order valence-corrected chi connectivity index (χ3v) is 8.26. The minimum absolute atomic E-state index is 0.166. The van der Waals surface area contributed by atoms with Gasteiger partial charge in [0.15, 0.2) is 0 Å². The fraction of sp³-hybridized carbons (Fsp3) is 0.905. The standard InChI is InChI=1S/C21H35N3O4/c1-3-16-18(13-21(16)8-12-23(14-21)19(25)26)22-10-6-15(7-11-22)17-5-4-9-24(17)20(27)28-2/h15-18H,3-14H2,1-2H3,(H,25,26). The Kier molecular flexibility index (Phi) is 5.47. The summed E-state index contributed by atoms with van der Waals surface area (Å²) in [6.07, 6.45) is 6.88. The summed E-state index contributed by atoms with van der Waals surface area (Å²) in [5, 5.41) is 9.33. The molecule has 0 bridgehead atoms. The van der Waals surface area contributed by atoms with Gasteiger partial charge >= 0.3 is 12.2 Å². The van der Waals surface area contributed by atoms with E-state index in [4.69, 9.17) is 4.74 Å². The lowest BCUT2D eigenvalue weighted by Crippen LogP contribution is -2.61. The molecule has 0 aromatic heterocycles. The normalized spacial score (nSPS) is 36.7. The van der Waals surface area contributed by atoms with Gasteiger partial charge in [0.05, 0.1) is 7.11 Å². The molecule has 1 N–H and O–H groups in total. The van der Waals surface area contributed by atoms with Crippen LogP contribution in [0.4, 0.5) is 9.59 Å². The molecule has 7 heteroatoms. The van der Waals surface area contributed by atoms with E-state index in [0.29, 0.717) is 30.5 Å². The zero-order chi connectivity index (χ0) is 19.9. The number of piperidine rings is 1. The van der Waals surface area contributed by atoms with Crippen LogP contribution in [0.5, 0.6) is 0 Å². The third-order valence-electron chi connectivity index (χ3n) is 8.26. The molecule has 3 heterocycles. The van der Waals surface area contributed by atoms with Gasteiger partial charge < -0.3 is 24.5 Å². The Morgan fingerprint density at radius 2 is 1.86 bits per heavy atom. The molecule has 4 aliphatic rings. The van der Waals surface area contributed by atoms with E-state index in [1.165, 1.54) is 7.11 Å². The molecule has 158 valence electrons. The van der Waals surface area contributed by atoms with Gasteiger partial charge in [-0.05, 0) is 68.9 Å². The van der Waals surface area contributed by atoms with Crippen molar-refractivity contribution in [3.8, 4) is 0 Å². The first-order valence-corrected chi connectivity index (χ1v) is 11.1. The number of ether oxygens (including phenoxy) is 1. The van der Waals surface area contributed by atoms with Crippen LogP contribution in [0.1, 0.15) is 51.9 Å². The molecule has 2 amide bonds. The minimum atomic E-state index is -0.761. The lowest BCUT2D eigenvalue weighted by molar-refractivity contribution is -0.0824. The van der Waals surface area contributed by atoms with E-state index in [1.807, 2.05) is 4.90 Å². The van der Waals surface area contributed by atoms with E-state index in [1.54, 1.807) is 4.90 Å². The summed E-state index contributed by atoms with van der Waals surface area (Å²) >= 11 is 0. The largest absolute Gasteiger partial charge is 0.465 e. The quantitative estimate of drug-likeness (QED) is 0.798. The fourth-order valence-corrected chi connectivity index (χ4v) is 6.84. The first-order valence-electron chi connectivity index (χ1n) is 11.1. The van der Waals surface area contributed by atoms with Crippen molar-refractivity contribution < 1.29 is 19.4 Å². The first kappa shape index (κ1) is 19.8. The Bertz CT molecular complexity index is 606. The van der Waals surface area contributed by atoms with Gasteiger partial charge in [-0.15, -0.1) is 0 Å². The molecule has 1 saturated carbocycles. The van der Waals surface area contributed by atoms with E-state index < -0.39 is 6.09 Å². The molecule has 0 aromatic carbocycles. The number of hydrogen-bond acceptors (Lipinski definition) is 4. The second-order valence-electron chi connectivity index (χ2n) is 9.35. The highest BCUT2D eigenvalue weighted by atomic mass is 16.5. The highest BCUT2D eigenvalue weighted by Crippen LogP contribution is 2.56. The van der Waals surface area contributed by atoms with Crippen molar-refractivity contribution in [1.82, 2.24) is 14.7 Å². The monoisotopic (exact) mass is 393 g/mol. The molecular formula is C21H35N3O4. The molecule has 1 aliphatic carbocycles. The van der Waals surface area contributed by atoms with E-state index in [0.717, 1.165) is 71.1 Å². The van der Waals surface area contributed by atoms with Gasteiger partial charge in [0, 0.05) is 31.7 Å². The molecule has 0 aromatic rings. The molecule has 3 aliphatic heterocycles. The maximum Gasteiger partial charge on any atom is 0.409 e. The number of methoxy groups -OCH3 is 1. The highest BCUT2D eigenvalue weighted by Gasteiger charge is 2.58. The van der Waals surface area contributed by atoms with Crippen LogP contribution in [0.3, 0.4) is 0 Å². The summed E-state index contributed by atoms with van der Waals surface area (Å²) in [4.78, 5) is 29.6. The van der Waals surface area contributed by atoms with Crippen molar-refractivity contribution >= 4 is 12.2 Å². The zero-order valence-electron chi connectivity index (χ0n) is 17.3. The number of nitrogens with zero attached hydrogens (tertiary/aromatic N) is 3. The molecule has 4 unspecified atom stereocenters. The second kappa shape index (κ2) is 7.73. The van der Waals surface area contributed by atoms with Gasteiger partial charge in [-0.2, -0.15) is 0 Å². The number of carboxylic acid groups (broad SMARTS) is 1. The zero-order valence-corrected chi connectivity index (χ0v) is 17.3. The summed E-state index contributed by atoms with van der Waals surface area (Å²) in [7, 11) is 1.48. The smallest absolute Gasteiger partial charge is 0.409 e. The van der Waals surface area contributed by atoms with Crippen molar-refractivity contribution in [2.75, 3.05) is 39.8 Å². The van der Waals surface area contributed by atoms with E-state index in [9.17, 15) is 14.7 Å². The summed E-state index contributed by atoms with van der Waals surface area (Å²) in [6, 6.07) is 0.961. The minimum Gasteiger partial charge on any atom is -0.465 e. The van der Waals surface area contributed by atoms with Crippen molar-refractivity contribution in [3.05, 3.63) is 0 Å². The first-order chi connectivity index (χ1) is 13.5. The van der Waals surface area contributed by atoms with Crippen LogP contribution in [-0.2, 0) is 4.74 Å². The average Bonchev–Trinajstić information content (AvgIpc) is 3.35. The van der Waals surface area contributed by atoms with E-state index in [2.05, 4.69) is 11.8 Å². The van der Waals surface area contributed by atoms with Gasteiger partial charge in [-0.25, -0.2) is 9.59 Å². The molecule has 4 atom stereocenters. The van der Waals surface area contributed by atoms with Crippen LogP contribution in [0.2, 0.25) is 0 Å². The topological polar surface area (TPSA) is 73.3 Å². The molecule has 4 rings (SSSR count). The second-order valence-corrected chi connectivity index (χ2v) is 9.35. The highest BCUT2D eigenvalue weighted by molar-refractivity contribution is 5.68. The molecular weight excluding hydrogens is 358 g/mol. The number of likely N-dealkylation sites (tertiary alicyclic amines) is 3. The number of amides is 2. The number of carbonyl (C=O) groups is 2. The Labute approximate surface area is 168 Å². The van der Waals surface area contributed by atoms with Gasteiger partial charge in [0.25, 0.3) is 0 Å². The summed E-state index contributed by atoms with van der Waals surface area (Å²) in [6.45, 7) is 6.74.